The molecule has 4 rings (SSSR count). The molecule has 15 nitrogen and oxygen atoms in total. The second-order valence-electron chi connectivity index (χ2n) is 10.4. The third-order valence-electron chi connectivity index (χ3n) is 7.27. The van der Waals surface area contributed by atoms with Gasteiger partial charge < -0.3 is 69.6 Å². The molecule has 15 heteroatoms. The van der Waals surface area contributed by atoms with E-state index in [0.717, 1.165) is 6.08 Å². The van der Waals surface area contributed by atoms with Crippen molar-refractivity contribution in [3.8, 4) is 23.0 Å². The topological polar surface area (TPSA) is 245 Å². The van der Waals surface area contributed by atoms with Crippen molar-refractivity contribution in [1.29, 1.82) is 0 Å². The fourth-order valence-corrected chi connectivity index (χ4v) is 4.76. The first-order chi connectivity index (χ1) is 20.9. The Bertz CT molecular complexity index is 1300. The summed E-state index contributed by atoms with van der Waals surface area (Å²) in [6.07, 6.45) is -12.6. The maximum absolute atomic E-state index is 12.8. The van der Waals surface area contributed by atoms with Crippen molar-refractivity contribution in [3.63, 3.8) is 0 Å². The van der Waals surface area contributed by atoms with Crippen LogP contribution in [0.4, 0.5) is 0 Å². The van der Waals surface area contributed by atoms with E-state index in [1.165, 1.54) is 43.3 Å². The van der Waals surface area contributed by atoms with Crippen molar-refractivity contribution >= 4 is 12.0 Å². The van der Waals surface area contributed by atoms with Crippen LogP contribution in [0.1, 0.15) is 18.1 Å². The van der Waals surface area contributed by atoms with Crippen molar-refractivity contribution in [3.05, 3.63) is 53.6 Å². The molecule has 2 aromatic carbocycles. The highest BCUT2D eigenvalue weighted by Crippen LogP contribution is 2.32. The molecule has 0 radical (unpaired) electrons. The summed E-state index contributed by atoms with van der Waals surface area (Å²) in [5, 5.41) is 90.5. The van der Waals surface area contributed by atoms with E-state index in [2.05, 4.69) is 0 Å². The normalized spacial score (nSPS) is 32.5. The van der Waals surface area contributed by atoms with Crippen LogP contribution in [0.3, 0.4) is 0 Å². The molecule has 2 aliphatic heterocycles. The Morgan fingerprint density at radius 1 is 0.818 bits per heavy atom. The number of aliphatic hydroxyl groups excluding tert-OH is 5. The summed E-state index contributed by atoms with van der Waals surface area (Å²) in [6.45, 7) is 0.606. The molecule has 2 saturated heterocycles. The molecule has 44 heavy (non-hydrogen) atoms. The van der Waals surface area contributed by atoms with Crippen LogP contribution in [0, 0.1) is 0 Å². The van der Waals surface area contributed by atoms with E-state index in [4.69, 9.17) is 23.7 Å². The van der Waals surface area contributed by atoms with Gasteiger partial charge in [-0.3, -0.25) is 0 Å². The lowest BCUT2D eigenvalue weighted by atomic mass is 9.97. The maximum atomic E-state index is 12.8. The van der Waals surface area contributed by atoms with Gasteiger partial charge in [-0.15, -0.1) is 0 Å². The Labute approximate surface area is 251 Å². The van der Waals surface area contributed by atoms with Crippen LogP contribution in [-0.2, 0) is 34.9 Å². The Morgan fingerprint density at radius 2 is 1.50 bits per heavy atom. The minimum atomic E-state index is -1.77. The number of benzene rings is 2. The molecule has 10 atom stereocenters. The molecule has 2 aliphatic rings. The van der Waals surface area contributed by atoms with Crippen LogP contribution in [0.15, 0.2) is 42.5 Å². The number of ether oxygens (including phenoxy) is 5. The number of hydrogen-bond acceptors (Lipinski definition) is 15. The van der Waals surface area contributed by atoms with E-state index >= 15 is 0 Å². The molecule has 0 saturated carbocycles. The highest BCUT2D eigenvalue weighted by molar-refractivity contribution is 5.87. The molecule has 0 amide bonds. The number of carbonyl (C=O) groups excluding carboxylic acids is 1. The fourth-order valence-electron chi connectivity index (χ4n) is 4.76. The number of esters is 1. The first kappa shape index (κ1) is 33.4. The number of phenolic OH excluding ortho intramolecular Hbond substituents is 4. The van der Waals surface area contributed by atoms with Crippen molar-refractivity contribution < 1.29 is 74.4 Å². The molecule has 242 valence electrons. The summed E-state index contributed by atoms with van der Waals surface area (Å²) in [6, 6.07) is 7.98. The Morgan fingerprint density at radius 3 is 2.16 bits per heavy atom. The summed E-state index contributed by atoms with van der Waals surface area (Å²) in [4.78, 5) is 12.8. The van der Waals surface area contributed by atoms with E-state index in [-0.39, 0.29) is 30.3 Å². The zero-order valence-corrected chi connectivity index (χ0v) is 23.5. The van der Waals surface area contributed by atoms with E-state index < -0.39 is 79.7 Å². The summed E-state index contributed by atoms with van der Waals surface area (Å²) in [5.41, 5.74) is 0.914. The predicted molar refractivity (Wildman–Crippen MR) is 147 cm³/mol. The Balaban J connectivity index is 1.52. The first-order valence-corrected chi connectivity index (χ1v) is 13.7. The Kier molecular flexibility index (Phi) is 11.0. The lowest BCUT2D eigenvalue weighted by Gasteiger charge is -2.46. The lowest BCUT2D eigenvalue weighted by Crippen LogP contribution is -2.65. The number of carbonyl (C=O) groups is 1. The smallest absolute Gasteiger partial charge is 0.331 e. The number of aliphatic hydroxyl groups is 5. The number of phenols is 4. The predicted octanol–water partition coefficient (Wildman–Crippen LogP) is -1.02. The van der Waals surface area contributed by atoms with Crippen molar-refractivity contribution in [2.75, 3.05) is 13.2 Å². The summed E-state index contributed by atoms with van der Waals surface area (Å²) >= 11 is 0. The molecule has 0 aliphatic carbocycles. The lowest BCUT2D eigenvalue weighted by molar-refractivity contribution is -0.357. The van der Waals surface area contributed by atoms with Gasteiger partial charge in [0.25, 0.3) is 0 Å². The van der Waals surface area contributed by atoms with Gasteiger partial charge in [0, 0.05) is 6.08 Å². The van der Waals surface area contributed by atoms with Crippen LogP contribution in [-0.4, -0.2) is 127 Å². The quantitative estimate of drug-likeness (QED) is 0.0873. The third kappa shape index (κ3) is 7.76. The van der Waals surface area contributed by atoms with Gasteiger partial charge in [0.2, 0.25) is 0 Å². The first-order valence-electron chi connectivity index (χ1n) is 13.7. The van der Waals surface area contributed by atoms with E-state index in [0.29, 0.717) is 11.1 Å². The zero-order chi connectivity index (χ0) is 32.1. The highest BCUT2D eigenvalue weighted by Gasteiger charge is 2.52. The maximum Gasteiger partial charge on any atom is 0.331 e. The SMILES string of the molecule is C[C@H]1O[C@@H](O[C@@H]2[C@@H](O)[C@H](OCCc3ccc(O)c(O)c3)O[C@H](CO)[C@H]2OC(=O)/C=C/c2ccc(O)c(O)c2)[C@H](O)[C@H](O)[C@H]1O. The largest absolute Gasteiger partial charge is 0.504 e. The monoisotopic (exact) mass is 624 g/mol. The third-order valence-corrected chi connectivity index (χ3v) is 7.27. The van der Waals surface area contributed by atoms with Crippen molar-refractivity contribution in [2.24, 2.45) is 0 Å². The van der Waals surface area contributed by atoms with Gasteiger partial charge in [-0.05, 0) is 54.8 Å². The molecule has 9 N–H and O–H groups in total. The van der Waals surface area contributed by atoms with Crippen LogP contribution in [0.5, 0.6) is 23.0 Å². The molecule has 0 bridgehead atoms. The summed E-state index contributed by atoms with van der Waals surface area (Å²) in [7, 11) is 0. The van der Waals surface area contributed by atoms with Gasteiger partial charge in [0.15, 0.2) is 41.7 Å². The highest BCUT2D eigenvalue weighted by atomic mass is 16.7. The molecule has 2 heterocycles. The van der Waals surface area contributed by atoms with Crippen molar-refractivity contribution in [2.45, 2.75) is 74.8 Å². The molecular formula is C29H36O15. The van der Waals surface area contributed by atoms with Gasteiger partial charge in [0.05, 0.1) is 19.3 Å². The van der Waals surface area contributed by atoms with E-state index in [1.54, 1.807) is 6.07 Å². The van der Waals surface area contributed by atoms with Gasteiger partial charge in [-0.2, -0.15) is 0 Å². The van der Waals surface area contributed by atoms with Crippen LogP contribution in [0.25, 0.3) is 6.08 Å². The molecule has 0 aromatic heterocycles. The van der Waals surface area contributed by atoms with E-state index in [1.807, 2.05) is 0 Å². The van der Waals surface area contributed by atoms with Crippen LogP contribution in [0.2, 0.25) is 0 Å². The average molecular weight is 625 g/mol. The van der Waals surface area contributed by atoms with Crippen LogP contribution < -0.4 is 0 Å². The van der Waals surface area contributed by atoms with Gasteiger partial charge in [0.1, 0.15) is 36.6 Å². The molecule has 0 unspecified atom stereocenters. The summed E-state index contributed by atoms with van der Waals surface area (Å²) < 4.78 is 28.2. The minimum absolute atomic E-state index is 0.0754. The average Bonchev–Trinajstić information content (AvgIpc) is 2.99. The molecule has 0 spiro atoms. The summed E-state index contributed by atoms with van der Waals surface area (Å²) in [5.74, 6) is -2.40. The van der Waals surface area contributed by atoms with Crippen LogP contribution >= 0.6 is 0 Å². The van der Waals surface area contributed by atoms with E-state index in [9.17, 15) is 50.8 Å². The Hall–Kier alpha value is -3.51. The number of aromatic hydroxyl groups is 4. The zero-order valence-electron chi connectivity index (χ0n) is 23.5. The van der Waals surface area contributed by atoms with Gasteiger partial charge in [-0.25, -0.2) is 4.79 Å². The number of rotatable bonds is 10. The second-order valence-corrected chi connectivity index (χ2v) is 10.4. The molecular weight excluding hydrogens is 588 g/mol. The fraction of sp³-hybridized carbons (Fsp3) is 0.483. The molecule has 2 fully saturated rings. The second kappa shape index (κ2) is 14.5. The van der Waals surface area contributed by atoms with Gasteiger partial charge >= 0.3 is 5.97 Å². The standard InChI is InChI=1S/C29H36O15/c1-13-22(36)23(37)24(38)29(41-13)44-27-25(39)28(40-9-8-15-3-6-17(32)19(34)11-15)42-20(12-30)26(27)43-21(35)7-4-14-2-5-16(31)18(33)10-14/h2-7,10-11,13,20,22-34,36-39H,8-9,12H2,1H3/b7-4+/t13-,20-,22+,23-,24-,25-,26-,27-,28-,29+/m1/s1. The minimum Gasteiger partial charge on any atom is -0.504 e. The van der Waals surface area contributed by atoms with Gasteiger partial charge in [-0.1, -0.05) is 12.1 Å². The number of hydrogen-bond donors (Lipinski definition) is 9. The molecule has 2 aromatic rings. The van der Waals surface area contributed by atoms with Crippen molar-refractivity contribution in [1.82, 2.24) is 0 Å².